The molecule has 0 unspecified atom stereocenters. The van der Waals surface area contributed by atoms with Gasteiger partial charge >= 0.3 is 0 Å². The number of para-hydroxylation sites is 2. The number of hydrogen-bond donors (Lipinski definition) is 0. The standard InChI is InChI=1S/C49H34N2S/c1-49(2)43-19-11-9-17-36(43)39-24-21-31-27-45-42(30-40(31)48(39)49)41-28-34(23-26-44(41)51(45)33-15-7-4-8-16-33)50(32-13-5-3-6-14-32)35-22-25-38-37-18-10-12-20-46(37)52-47(38)29-35/h3-30H,1-2H3. The Morgan fingerprint density at radius 2 is 1.15 bits per heavy atom. The highest BCUT2D eigenvalue weighted by atomic mass is 32.1. The first-order valence-corrected chi connectivity index (χ1v) is 18.8. The summed E-state index contributed by atoms with van der Waals surface area (Å²) < 4.78 is 5.06. The molecule has 0 amide bonds. The molecule has 0 N–H and O–H groups in total. The summed E-state index contributed by atoms with van der Waals surface area (Å²) in [6.45, 7) is 4.77. The summed E-state index contributed by atoms with van der Waals surface area (Å²) in [5.41, 5.74) is 12.4. The summed E-state index contributed by atoms with van der Waals surface area (Å²) in [6.07, 6.45) is 0. The third-order valence-electron chi connectivity index (χ3n) is 11.3. The van der Waals surface area contributed by atoms with Crippen molar-refractivity contribution in [2.24, 2.45) is 0 Å². The quantitative estimate of drug-likeness (QED) is 0.179. The van der Waals surface area contributed by atoms with Crippen LogP contribution in [-0.2, 0) is 5.41 Å². The van der Waals surface area contributed by atoms with Crippen LogP contribution < -0.4 is 4.90 Å². The fourth-order valence-corrected chi connectivity index (χ4v) is 10.1. The Labute approximate surface area is 306 Å². The first-order valence-electron chi connectivity index (χ1n) is 18.0. The van der Waals surface area contributed by atoms with Crippen molar-refractivity contribution in [2.45, 2.75) is 19.3 Å². The minimum Gasteiger partial charge on any atom is -0.310 e. The van der Waals surface area contributed by atoms with Gasteiger partial charge in [-0.1, -0.05) is 111 Å². The zero-order chi connectivity index (χ0) is 34.6. The van der Waals surface area contributed by atoms with Crippen LogP contribution in [0.5, 0.6) is 0 Å². The van der Waals surface area contributed by atoms with Gasteiger partial charge < -0.3 is 9.47 Å². The van der Waals surface area contributed by atoms with E-state index in [1.165, 1.54) is 80.7 Å². The number of fused-ring (bicyclic) bond motifs is 11. The number of thiophene rings is 1. The molecule has 1 aliphatic rings. The van der Waals surface area contributed by atoms with Gasteiger partial charge in [0.2, 0.25) is 0 Å². The first-order chi connectivity index (χ1) is 25.5. The Balaban J connectivity index is 1.19. The molecule has 0 aliphatic heterocycles. The number of hydrogen-bond acceptors (Lipinski definition) is 2. The van der Waals surface area contributed by atoms with Crippen molar-refractivity contribution in [1.29, 1.82) is 0 Å². The predicted molar refractivity (Wildman–Crippen MR) is 223 cm³/mol. The third-order valence-corrected chi connectivity index (χ3v) is 12.4. The van der Waals surface area contributed by atoms with Gasteiger partial charge in [-0.15, -0.1) is 11.3 Å². The monoisotopic (exact) mass is 682 g/mol. The Morgan fingerprint density at radius 3 is 2.02 bits per heavy atom. The smallest absolute Gasteiger partial charge is 0.0547 e. The number of rotatable bonds is 4. The van der Waals surface area contributed by atoms with Gasteiger partial charge in [-0.2, -0.15) is 0 Å². The average Bonchev–Trinajstić information content (AvgIpc) is 3.79. The molecule has 10 aromatic rings. The molecule has 52 heavy (non-hydrogen) atoms. The summed E-state index contributed by atoms with van der Waals surface area (Å²) in [4.78, 5) is 2.41. The summed E-state index contributed by atoms with van der Waals surface area (Å²) in [5, 5.41) is 7.74. The van der Waals surface area contributed by atoms with Gasteiger partial charge in [-0.3, -0.25) is 0 Å². The lowest BCUT2D eigenvalue weighted by molar-refractivity contribution is 0.666. The summed E-state index contributed by atoms with van der Waals surface area (Å²) in [6, 6.07) is 62.8. The minimum atomic E-state index is -0.0998. The lowest BCUT2D eigenvalue weighted by Gasteiger charge is -2.25. The Bertz CT molecular complexity index is 3040. The highest BCUT2D eigenvalue weighted by Crippen LogP contribution is 2.52. The molecule has 1 aliphatic carbocycles. The molecule has 0 fully saturated rings. The fraction of sp³-hybridized carbons (Fsp3) is 0.0612. The van der Waals surface area contributed by atoms with Crippen LogP contribution >= 0.6 is 11.3 Å². The molecule has 0 saturated heterocycles. The number of aromatic nitrogens is 1. The molecular formula is C49H34N2S. The number of anilines is 3. The normalized spacial score (nSPS) is 13.3. The van der Waals surface area contributed by atoms with Gasteiger partial charge in [0.05, 0.1) is 11.0 Å². The van der Waals surface area contributed by atoms with Crippen LogP contribution in [0, 0.1) is 0 Å². The molecule has 2 heterocycles. The summed E-state index contributed by atoms with van der Waals surface area (Å²) in [7, 11) is 0. The first kappa shape index (κ1) is 29.6. The van der Waals surface area contributed by atoms with E-state index in [1.54, 1.807) is 0 Å². The van der Waals surface area contributed by atoms with E-state index in [9.17, 15) is 0 Å². The maximum absolute atomic E-state index is 2.48. The van der Waals surface area contributed by atoms with Crippen molar-refractivity contribution in [3.63, 3.8) is 0 Å². The van der Waals surface area contributed by atoms with Crippen molar-refractivity contribution >= 4 is 81.1 Å². The summed E-state index contributed by atoms with van der Waals surface area (Å²) >= 11 is 1.87. The lowest BCUT2D eigenvalue weighted by Crippen LogP contribution is -2.15. The van der Waals surface area contributed by atoms with Gasteiger partial charge in [0, 0.05) is 59.1 Å². The minimum absolute atomic E-state index is 0.0998. The molecule has 0 saturated carbocycles. The van der Waals surface area contributed by atoms with Crippen LogP contribution in [0.1, 0.15) is 25.0 Å². The zero-order valence-corrected chi connectivity index (χ0v) is 29.8. The molecule has 0 spiro atoms. The van der Waals surface area contributed by atoms with Gasteiger partial charge in [-0.25, -0.2) is 0 Å². The lowest BCUT2D eigenvalue weighted by atomic mass is 9.80. The fourth-order valence-electron chi connectivity index (χ4n) is 8.99. The van der Waals surface area contributed by atoms with E-state index in [-0.39, 0.29) is 5.41 Å². The Morgan fingerprint density at radius 1 is 0.462 bits per heavy atom. The molecule has 2 nitrogen and oxygen atoms in total. The predicted octanol–water partition coefficient (Wildman–Crippen LogP) is 14.1. The second kappa shape index (κ2) is 10.9. The van der Waals surface area contributed by atoms with Gasteiger partial charge in [0.1, 0.15) is 0 Å². The van der Waals surface area contributed by atoms with Crippen LogP contribution in [0.25, 0.3) is 69.6 Å². The van der Waals surface area contributed by atoms with Gasteiger partial charge in [0.25, 0.3) is 0 Å². The second-order valence-corrected chi connectivity index (χ2v) is 15.7. The molecular weight excluding hydrogens is 649 g/mol. The molecule has 0 atom stereocenters. The van der Waals surface area contributed by atoms with E-state index in [0.29, 0.717) is 0 Å². The van der Waals surface area contributed by atoms with Crippen molar-refractivity contribution in [3.8, 4) is 16.8 Å². The Hall–Kier alpha value is -6.16. The molecule has 11 rings (SSSR count). The van der Waals surface area contributed by atoms with E-state index < -0.39 is 0 Å². The van der Waals surface area contributed by atoms with Crippen molar-refractivity contribution in [1.82, 2.24) is 4.57 Å². The maximum Gasteiger partial charge on any atom is 0.0547 e. The van der Waals surface area contributed by atoms with E-state index >= 15 is 0 Å². The van der Waals surface area contributed by atoms with Crippen LogP contribution in [0.4, 0.5) is 17.1 Å². The second-order valence-electron chi connectivity index (χ2n) is 14.6. The molecule has 0 radical (unpaired) electrons. The van der Waals surface area contributed by atoms with Crippen LogP contribution in [0.15, 0.2) is 170 Å². The molecule has 8 aromatic carbocycles. The van der Waals surface area contributed by atoms with E-state index in [2.05, 4.69) is 193 Å². The molecule has 3 heteroatoms. The SMILES string of the molecule is CC1(C)c2ccccc2-c2ccc3cc4c(cc3c21)c1cc(N(c2ccccc2)c2ccc3c(c2)sc2ccccc23)ccc1n4-c1ccccc1. The van der Waals surface area contributed by atoms with E-state index in [4.69, 9.17) is 0 Å². The highest BCUT2D eigenvalue weighted by Gasteiger charge is 2.36. The number of nitrogens with zero attached hydrogens (tertiary/aromatic N) is 2. The van der Waals surface area contributed by atoms with Crippen LogP contribution in [0.2, 0.25) is 0 Å². The van der Waals surface area contributed by atoms with Crippen molar-refractivity contribution < 1.29 is 0 Å². The van der Waals surface area contributed by atoms with Gasteiger partial charge in [-0.05, 0) is 106 Å². The van der Waals surface area contributed by atoms with E-state index in [0.717, 1.165) is 17.1 Å². The number of benzene rings is 8. The highest BCUT2D eigenvalue weighted by molar-refractivity contribution is 7.25. The summed E-state index contributed by atoms with van der Waals surface area (Å²) in [5.74, 6) is 0. The zero-order valence-electron chi connectivity index (χ0n) is 29.0. The van der Waals surface area contributed by atoms with Crippen LogP contribution in [0.3, 0.4) is 0 Å². The topological polar surface area (TPSA) is 8.17 Å². The molecule has 246 valence electrons. The van der Waals surface area contributed by atoms with Crippen LogP contribution in [-0.4, -0.2) is 4.57 Å². The van der Waals surface area contributed by atoms with Crippen molar-refractivity contribution in [2.75, 3.05) is 4.90 Å². The third kappa shape index (κ3) is 4.17. The largest absolute Gasteiger partial charge is 0.310 e. The maximum atomic E-state index is 2.48. The molecule has 2 aromatic heterocycles. The molecule has 0 bridgehead atoms. The Kier molecular flexibility index (Phi) is 6.21. The van der Waals surface area contributed by atoms with E-state index in [1.807, 2.05) is 11.3 Å². The van der Waals surface area contributed by atoms with Crippen molar-refractivity contribution in [3.05, 3.63) is 181 Å². The average molecular weight is 683 g/mol. The van der Waals surface area contributed by atoms with Gasteiger partial charge in [0.15, 0.2) is 0 Å².